The number of aryl methyl sites for hydroxylation is 2. The van der Waals surface area contributed by atoms with Crippen molar-refractivity contribution in [2.75, 3.05) is 18.6 Å². The quantitative estimate of drug-likeness (QED) is 0.465. The molecule has 0 fully saturated rings. The smallest absolute Gasteiger partial charge is 0.247 e. The molecule has 0 spiro atoms. The number of hydrogen-bond donors (Lipinski definition) is 0. The molecule has 0 radical (unpaired) electrons. The van der Waals surface area contributed by atoms with Gasteiger partial charge in [-0.25, -0.2) is 4.98 Å². The van der Waals surface area contributed by atoms with Gasteiger partial charge in [0.2, 0.25) is 5.91 Å². The van der Waals surface area contributed by atoms with E-state index in [0.717, 1.165) is 41.0 Å². The molecule has 0 aliphatic heterocycles. The second kappa shape index (κ2) is 9.86. The number of fused-ring (bicyclic) bond motifs is 1. The van der Waals surface area contributed by atoms with Crippen LogP contribution >= 0.6 is 0 Å². The van der Waals surface area contributed by atoms with Gasteiger partial charge in [-0.2, -0.15) is 0 Å². The molecule has 3 aromatic rings. The molecular weight excluding hydrogens is 398 g/mol. The Morgan fingerprint density at radius 1 is 1.16 bits per heavy atom. The summed E-state index contributed by atoms with van der Waals surface area (Å²) in [7, 11) is 1.68. The molecule has 3 rings (SSSR count). The second-order valence-electron chi connectivity index (χ2n) is 9.84. The Morgan fingerprint density at radius 2 is 1.88 bits per heavy atom. The highest BCUT2D eigenvalue weighted by atomic mass is 16.5. The SMILES string of the molecule is CCc1cccc(C)c1N(C(=O)Cn1c(CC(C)(C)C)nc2ccccc21)C(C)COC. The molecule has 172 valence electrons. The number of anilines is 1. The fourth-order valence-corrected chi connectivity index (χ4v) is 4.38. The summed E-state index contributed by atoms with van der Waals surface area (Å²) in [5, 5.41) is 0. The number of rotatable bonds is 8. The predicted molar refractivity (Wildman–Crippen MR) is 132 cm³/mol. The molecule has 1 atom stereocenters. The van der Waals surface area contributed by atoms with Crippen LogP contribution in [0.25, 0.3) is 11.0 Å². The number of para-hydroxylation sites is 3. The van der Waals surface area contributed by atoms with Crippen molar-refractivity contribution in [3.63, 3.8) is 0 Å². The van der Waals surface area contributed by atoms with Gasteiger partial charge in [0, 0.05) is 13.5 Å². The zero-order valence-electron chi connectivity index (χ0n) is 20.6. The van der Waals surface area contributed by atoms with Gasteiger partial charge in [0.25, 0.3) is 0 Å². The van der Waals surface area contributed by atoms with Gasteiger partial charge in [0.15, 0.2) is 0 Å². The van der Waals surface area contributed by atoms with Crippen LogP contribution in [0.1, 0.15) is 51.6 Å². The van der Waals surface area contributed by atoms with Crippen LogP contribution in [0.3, 0.4) is 0 Å². The van der Waals surface area contributed by atoms with Crippen molar-refractivity contribution in [1.29, 1.82) is 0 Å². The first-order valence-electron chi connectivity index (χ1n) is 11.5. The van der Waals surface area contributed by atoms with Crippen LogP contribution in [0, 0.1) is 12.3 Å². The molecule has 2 aromatic carbocycles. The maximum absolute atomic E-state index is 13.9. The van der Waals surface area contributed by atoms with E-state index in [1.807, 2.05) is 23.1 Å². The highest BCUT2D eigenvalue weighted by Crippen LogP contribution is 2.29. The number of carbonyl (C=O) groups is 1. The van der Waals surface area contributed by atoms with Crippen molar-refractivity contribution >= 4 is 22.6 Å². The van der Waals surface area contributed by atoms with Crippen molar-refractivity contribution < 1.29 is 9.53 Å². The normalized spacial score (nSPS) is 12.8. The molecule has 0 aliphatic rings. The van der Waals surface area contributed by atoms with Crippen molar-refractivity contribution in [2.24, 2.45) is 5.41 Å². The lowest BCUT2D eigenvalue weighted by atomic mass is 9.92. The van der Waals surface area contributed by atoms with Crippen LogP contribution in [0.15, 0.2) is 42.5 Å². The minimum absolute atomic E-state index is 0.0527. The predicted octanol–water partition coefficient (Wildman–Crippen LogP) is 5.56. The van der Waals surface area contributed by atoms with E-state index in [1.54, 1.807) is 7.11 Å². The Hall–Kier alpha value is -2.66. The molecule has 32 heavy (non-hydrogen) atoms. The van der Waals surface area contributed by atoms with E-state index in [-0.39, 0.29) is 23.9 Å². The number of carbonyl (C=O) groups excluding carboxylic acids is 1. The monoisotopic (exact) mass is 435 g/mol. The topological polar surface area (TPSA) is 47.4 Å². The first kappa shape index (κ1) is 24.0. The van der Waals surface area contributed by atoms with E-state index in [1.165, 1.54) is 5.56 Å². The maximum Gasteiger partial charge on any atom is 0.247 e. The van der Waals surface area contributed by atoms with Crippen LogP contribution in [0.4, 0.5) is 5.69 Å². The Balaban J connectivity index is 2.08. The zero-order chi connectivity index (χ0) is 23.5. The molecule has 5 nitrogen and oxygen atoms in total. The van der Waals surface area contributed by atoms with Gasteiger partial charge in [0.05, 0.1) is 29.4 Å². The lowest BCUT2D eigenvalue weighted by Crippen LogP contribution is -2.44. The first-order chi connectivity index (χ1) is 15.2. The van der Waals surface area contributed by atoms with Gasteiger partial charge < -0.3 is 14.2 Å². The zero-order valence-corrected chi connectivity index (χ0v) is 20.6. The molecule has 1 unspecified atom stereocenters. The molecular formula is C27H37N3O2. The third-order valence-electron chi connectivity index (χ3n) is 5.78. The average Bonchev–Trinajstić information content (AvgIpc) is 3.05. The third kappa shape index (κ3) is 5.21. The lowest BCUT2D eigenvalue weighted by Gasteiger charge is -2.32. The molecule has 0 aliphatic carbocycles. The number of aromatic nitrogens is 2. The number of ether oxygens (including phenoxy) is 1. The number of benzene rings is 2. The summed E-state index contributed by atoms with van der Waals surface area (Å²) in [6.45, 7) is 13.6. The lowest BCUT2D eigenvalue weighted by molar-refractivity contribution is -0.119. The summed E-state index contributed by atoms with van der Waals surface area (Å²) in [5.41, 5.74) is 5.28. The van der Waals surface area contributed by atoms with Crippen molar-refractivity contribution in [2.45, 2.75) is 67.0 Å². The van der Waals surface area contributed by atoms with Crippen LogP contribution in [-0.2, 0) is 28.9 Å². The Labute approximate surface area is 192 Å². The number of methoxy groups -OCH3 is 1. The van der Waals surface area contributed by atoms with Gasteiger partial charge in [-0.15, -0.1) is 0 Å². The Morgan fingerprint density at radius 3 is 2.53 bits per heavy atom. The van der Waals surface area contributed by atoms with Gasteiger partial charge in [-0.05, 0) is 48.9 Å². The standard InChI is InChI=1S/C27H37N3O2/c1-8-21-13-11-12-19(2)26(21)30(20(3)18-32-7)25(31)17-29-23-15-10-9-14-22(23)28-24(29)16-27(4,5)6/h9-15,20H,8,16-18H2,1-7H3. The average molecular weight is 436 g/mol. The van der Waals surface area contributed by atoms with Gasteiger partial charge in [0.1, 0.15) is 12.4 Å². The molecule has 0 saturated carbocycles. The number of hydrogen-bond acceptors (Lipinski definition) is 3. The van der Waals surface area contributed by atoms with Crippen molar-refractivity contribution in [3.8, 4) is 0 Å². The molecule has 0 N–H and O–H groups in total. The van der Waals surface area contributed by atoms with E-state index in [2.05, 4.69) is 70.4 Å². The van der Waals surface area contributed by atoms with Crippen LogP contribution in [0.2, 0.25) is 0 Å². The molecule has 5 heteroatoms. The van der Waals surface area contributed by atoms with Gasteiger partial charge in [-0.1, -0.05) is 58.0 Å². The van der Waals surface area contributed by atoms with E-state index in [9.17, 15) is 4.79 Å². The summed E-state index contributed by atoms with van der Waals surface area (Å²) < 4.78 is 7.55. The summed E-state index contributed by atoms with van der Waals surface area (Å²) in [6.07, 6.45) is 1.66. The minimum atomic E-state index is -0.0836. The Bertz CT molecular complexity index is 1080. The van der Waals surface area contributed by atoms with Gasteiger partial charge in [-0.3, -0.25) is 4.79 Å². The highest BCUT2D eigenvalue weighted by molar-refractivity contribution is 5.96. The fraction of sp³-hybridized carbons (Fsp3) is 0.481. The molecule has 1 aromatic heterocycles. The first-order valence-corrected chi connectivity index (χ1v) is 11.5. The van der Waals surface area contributed by atoms with Crippen LogP contribution < -0.4 is 4.90 Å². The molecule has 1 amide bonds. The largest absolute Gasteiger partial charge is 0.383 e. The number of amides is 1. The third-order valence-corrected chi connectivity index (χ3v) is 5.78. The van der Waals surface area contributed by atoms with Crippen molar-refractivity contribution in [3.05, 3.63) is 59.4 Å². The summed E-state index contributed by atoms with van der Waals surface area (Å²) >= 11 is 0. The Kier molecular flexibility index (Phi) is 7.40. The summed E-state index contributed by atoms with van der Waals surface area (Å²) in [4.78, 5) is 20.8. The second-order valence-corrected chi connectivity index (χ2v) is 9.84. The fourth-order valence-electron chi connectivity index (χ4n) is 4.38. The van der Waals surface area contributed by atoms with E-state index < -0.39 is 0 Å². The van der Waals surface area contributed by atoms with Crippen LogP contribution in [-0.4, -0.2) is 35.2 Å². The van der Waals surface area contributed by atoms with Gasteiger partial charge >= 0.3 is 0 Å². The summed E-state index contributed by atoms with van der Waals surface area (Å²) in [5.74, 6) is 1.00. The van der Waals surface area contributed by atoms with E-state index in [0.29, 0.717) is 6.61 Å². The molecule has 1 heterocycles. The summed E-state index contributed by atoms with van der Waals surface area (Å²) in [6, 6.07) is 14.2. The van der Waals surface area contributed by atoms with Crippen LogP contribution in [0.5, 0.6) is 0 Å². The van der Waals surface area contributed by atoms with Crippen molar-refractivity contribution in [1.82, 2.24) is 9.55 Å². The highest BCUT2D eigenvalue weighted by Gasteiger charge is 2.27. The molecule has 0 bridgehead atoms. The number of imidazole rings is 1. The minimum Gasteiger partial charge on any atom is -0.383 e. The molecule has 0 saturated heterocycles. The number of nitrogens with zero attached hydrogens (tertiary/aromatic N) is 3. The van der Waals surface area contributed by atoms with E-state index in [4.69, 9.17) is 9.72 Å². The maximum atomic E-state index is 13.9. The van der Waals surface area contributed by atoms with E-state index >= 15 is 0 Å².